The lowest BCUT2D eigenvalue weighted by Gasteiger charge is -2.31. The Morgan fingerprint density at radius 2 is 2.00 bits per heavy atom. The van der Waals surface area contributed by atoms with Crippen LogP contribution in [-0.4, -0.2) is 20.5 Å². The molecule has 0 aliphatic carbocycles. The molecular formula is C15H24ClN3O2S. The van der Waals surface area contributed by atoms with E-state index in [9.17, 15) is 8.42 Å². The summed E-state index contributed by atoms with van der Waals surface area (Å²) in [5.41, 5.74) is 5.97. The van der Waals surface area contributed by atoms with Gasteiger partial charge in [-0.2, -0.15) is 5.26 Å². The lowest BCUT2D eigenvalue weighted by molar-refractivity contribution is 0.344. The number of aryl methyl sites for hydroxylation is 1. The van der Waals surface area contributed by atoms with Crippen LogP contribution in [0.25, 0.3) is 0 Å². The van der Waals surface area contributed by atoms with Crippen LogP contribution in [0, 0.1) is 24.2 Å². The largest absolute Gasteiger partial charge is 0.329 e. The van der Waals surface area contributed by atoms with Crippen molar-refractivity contribution in [1.29, 1.82) is 5.26 Å². The summed E-state index contributed by atoms with van der Waals surface area (Å²) in [4.78, 5) is 0.130. The number of nitrogens with two attached hydrogens (primary N) is 1. The van der Waals surface area contributed by atoms with Crippen molar-refractivity contribution in [2.75, 3.05) is 6.54 Å². The topological polar surface area (TPSA) is 96.0 Å². The van der Waals surface area contributed by atoms with Crippen LogP contribution in [-0.2, 0) is 10.0 Å². The molecule has 22 heavy (non-hydrogen) atoms. The molecule has 7 heteroatoms. The van der Waals surface area contributed by atoms with E-state index in [0.717, 1.165) is 0 Å². The van der Waals surface area contributed by atoms with Gasteiger partial charge in [-0.15, -0.1) is 12.4 Å². The fourth-order valence-electron chi connectivity index (χ4n) is 2.41. The van der Waals surface area contributed by atoms with Crippen molar-refractivity contribution in [3.8, 4) is 6.07 Å². The second kappa shape index (κ2) is 7.93. The number of halogens is 1. The quantitative estimate of drug-likeness (QED) is 0.827. The molecule has 0 spiro atoms. The molecule has 0 amide bonds. The minimum atomic E-state index is -3.72. The van der Waals surface area contributed by atoms with E-state index in [-0.39, 0.29) is 23.8 Å². The summed E-state index contributed by atoms with van der Waals surface area (Å²) in [5, 5.41) is 8.93. The summed E-state index contributed by atoms with van der Waals surface area (Å²) in [6, 6.07) is 6.59. The minimum absolute atomic E-state index is 0. The Morgan fingerprint density at radius 3 is 2.45 bits per heavy atom. The van der Waals surface area contributed by atoms with E-state index in [1.807, 2.05) is 19.9 Å². The van der Waals surface area contributed by atoms with Crippen molar-refractivity contribution in [2.24, 2.45) is 11.7 Å². The maximum Gasteiger partial charge on any atom is 0.241 e. The normalized spacial score (nSPS) is 14.0. The zero-order valence-electron chi connectivity index (χ0n) is 13.4. The molecular weight excluding hydrogens is 322 g/mol. The van der Waals surface area contributed by atoms with E-state index >= 15 is 0 Å². The van der Waals surface area contributed by atoms with Gasteiger partial charge in [-0.25, -0.2) is 13.1 Å². The molecule has 0 aromatic heterocycles. The van der Waals surface area contributed by atoms with E-state index in [2.05, 4.69) is 4.72 Å². The van der Waals surface area contributed by atoms with Crippen LogP contribution in [0.4, 0.5) is 0 Å². The molecule has 3 N–H and O–H groups in total. The first-order chi connectivity index (χ1) is 9.63. The third kappa shape index (κ3) is 5.25. The van der Waals surface area contributed by atoms with Crippen molar-refractivity contribution in [3.05, 3.63) is 29.3 Å². The van der Waals surface area contributed by atoms with E-state index in [0.29, 0.717) is 23.5 Å². The van der Waals surface area contributed by atoms with Gasteiger partial charge in [-0.3, -0.25) is 0 Å². The maximum atomic E-state index is 12.6. The number of rotatable bonds is 6. The zero-order valence-corrected chi connectivity index (χ0v) is 15.0. The molecule has 5 nitrogen and oxygen atoms in total. The molecule has 1 aromatic rings. The summed E-state index contributed by atoms with van der Waals surface area (Å²) >= 11 is 0. The molecule has 1 atom stereocenters. The molecule has 1 rings (SSSR count). The maximum absolute atomic E-state index is 12.6. The number of nitriles is 1. The third-order valence-electron chi connectivity index (χ3n) is 3.30. The second-order valence-electron chi connectivity index (χ2n) is 6.06. The highest BCUT2D eigenvalue weighted by atomic mass is 35.5. The molecule has 0 radical (unpaired) electrons. The monoisotopic (exact) mass is 345 g/mol. The van der Waals surface area contributed by atoms with E-state index in [4.69, 9.17) is 11.0 Å². The lowest BCUT2D eigenvalue weighted by atomic mass is 9.92. The molecule has 0 saturated carbocycles. The van der Waals surface area contributed by atoms with Crippen molar-refractivity contribution in [2.45, 2.75) is 44.6 Å². The van der Waals surface area contributed by atoms with Crippen LogP contribution in [0.3, 0.4) is 0 Å². The SMILES string of the molecule is Cc1ccc(C#N)cc1S(=O)(=O)NC(C)(CN)CC(C)C.Cl. The van der Waals surface area contributed by atoms with Crippen LogP contribution in [0.1, 0.15) is 38.3 Å². The Kier molecular flexibility index (Phi) is 7.52. The van der Waals surface area contributed by atoms with Gasteiger partial charge in [-0.05, 0) is 43.9 Å². The van der Waals surface area contributed by atoms with Crippen molar-refractivity contribution < 1.29 is 8.42 Å². The molecule has 0 aliphatic heterocycles. The Hall–Kier alpha value is -1.13. The highest BCUT2D eigenvalue weighted by Crippen LogP contribution is 2.22. The van der Waals surface area contributed by atoms with Gasteiger partial charge < -0.3 is 5.73 Å². The van der Waals surface area contributed by atoms with Crippen molar-refractivity contribution in [1.82, 2.24) is 4.72 Å². The smallest absolute Gasteiger partial charge is 0.241 e. The average Bonchev–Trinajstić information content (AvgIpc) is 2.37. The lowest BCUT2D eigenvalue weighted by Crippen LogP contribution is -2.52. The standard InChI is InChI=1S/C15H23N3O2S.ClH/c1-11(2)8-15(4,10-17)18-21(19,20)14-7-13(9-16)6-5-12(14)3;/h5-7,11,18H,8,10,17H2,1-4H3;1H. The first-order valence-corrected chi connectivity index (χ1v) is 8.36. The summed E-state index contributed by atoms with van der Waals surface area (Å²) < 4.78 is 27.9. The van der Waals surface area contributed by atoms with E-state index in [1.54, 1.807) is 26.0 Å². The number of hydrogen-bond donors (Lipinski definition) is 2. The Balaban J connectivity index is 0.00000441. The molecule has 1 aromatic carbocycles. The molecule has 124 valence electrons. The molecule has 0 saturated heterocycles. The van der Waals surface area contributed by atoms with Gasteiger partial charge in [0.1, 0.15) is 0 Å². The Morgan fingerprint density at radius 1 is 1.41 bits per heavy atom. The molecule has 0 heterocycles. The van der Waals surface area contributed by atoms with Gasteiger partial charge in [0.15, 0.2) is 0 Å². The average molecular weight is 346 g/mol. The molecule has 0 bridgehead atoms. The van der Waals surface area contributed by atoms with Gasteiger partial charge in [0, 0.05) is 12.1 Å². The highest BCUT2D eigenvalue weighted by Gasteiger charge is 2.31. The van der Waals surface area contributed by atoms with Gasteiger partial charge in [-0.1, -0.05) is 19.9 Å². The highest BCUT2D eigenvalue weighted by molar-refractivity contribution is 7.89. The fourth-order valence-corrected chi connectivity index (χ4v) is 4.11. The fraction of sp³-hybridized carbons (Fsp3) is 0.533. The number of nitrogens with one attached hydrogen (secondary N) is 1. The first kappa shape index (κ1) is 20.9. The third-order valence-corrected chi connectivity index (χ3v) is 5.08. The van der Waals surface area contributed by atoms with Crippen molar-refractivity contribution in [3.63, 3.8) is 0 Å². The van der Waals surface area contributed by atoms with Gasteiger partial charge >= 0.3 is 0 Å². The second-order valence-corrected chi connectivity index (χ2v) is 7.71. The number of nitrogens with zero attached hydrogens (tertiary/aromatic N) is 1. The Labute approximate surface area is 139 Å². The predicted molar refractivity (Wildman–Crippen MR) is 90.4 cm³/mol. The zero-order chi connectivity index (χ0) is 16.3. The van der Waals surface area contributed by atoms with E-state index < -0.39 is 15.6 Å². The van der Waals surface area contributed by atoms with Crippen LogP contribution in [0.2, 0.25) is 0 Å². The number of sulfonamides is 1. The van der Waals surface area contributed by atoms with Gasteiger partial charge in [0.05, 0.1) is 16.5 Å². The number of hydrogen-bond acceptors (Lipinski definition) is 4. The first-order valence-electron chi connectivity index (χ1n) is 6.88. The van der Waals surface area contributed by atoms with Crippen LogP contribution in [0.5, 0.6) is 0 Å². The number of benzene rings is 1. The molecule has 1 unspecified atom stereocenters. The summed E-state index contributed by atoms with van der Waals surface area (Å²) in [6.45, 7) is 7.75. The van der Waals surface area contributed by atoms with E-state index in [1.165, 1.54) is 6.07 Å². The van der Waals surface area contributed by atoms with Crippen LogP contribution < -0.4 is 10.5 Å². The van der Waals surface area contributed by atoms with Crippen LogP contribution in [0.15, 0.2) is 23.1 Å². The van der Waals surface area contributed by atoms with Crippen LogP contribution >= 0.6 is 12.4 Å². The van der Waals surface area contributed by atoms with Crippen molar-refractivity contribution >= 4 is 22.4 Å². The summed E-state index contributed by atoms with van der Waals surface area (Å²) in [5.74, 6) is 0.313. The van der Waals surface area contributed by atoms with Gasteiger partial charge in [0.2, 0.25) is 10.0 Å². The summed E-state index contributed by atoms with van der Waals surface area (Å²) in [7, 11) is -3.72. The molecule has 0 fully saturated rings. The summed E-state index contributed by atoms with van der Waals surface area (Å²) in [6.07, 6.45) is 0.639. The van der Waals surface area contributed by atoms with Gasteiger partial charge in [0.25, 0.3) is 0 Å². The minimum Gasteiger partial charge on any atom is -0.329 e. The molecule has 0 aliphatic rings. The Bertz CT molecular complexity index is 653. The predicted octanol–water partition coefficient (Wildman–Crippen LogP) is 2.33.